The van der Waals surface area contributed by atoms with Gasteiger partial charge in [0.25, 0.3) is 5.89 Å². The SMILES string of the molecule is c1ccc2sc(SCc3noc(-c4ccsc4)n3)nc2c1. The third kappa shape index (κ3) is 2.72. The fourth-order valence-corrected chi connectivity index (χ4v) is 4.40. The van der Waals surface area contributed by atoms with Crippen LogP contribution in [0.15, 0.2) is 50.0 Å². The van der Waals surface area contributed by atoms with E-state index in [1.807, 2.05) is 35.0 Å². The molecule has 0 amide bonds. The van der Waals surface area contributed by atoms with Crippen LogP contribution in [-0.4, -0.2) is 15.1 Å². The highest BCUT2D eigenvalue weighted by atomic mass is 32.2. The molecule has 0 aliphatic carbocycles. The molecule has 21 heavy (non-hydrogen) atoms. The number of aromatic nitrogens is 3. The summed E-state index contributed by atoms with van der Waals surface area (Å²) in [6, 6.07) is 10.1. The van der Waals surface area contributed by atoms with E-state index in [4.69, 9.17) is 4.52 Å². The molecule has 0 spiro atoms. The van der Waals surface area contributed by atoms with Crippen molar-refractivity contribution in [3.8, 4) is 11.5 Å². The molecular formula is C14H9N3OS3. The summed E-state index contributed by atoms with van der Waals surface area (Å²) in [5.41, 5.74) is 2.01. The van der Waals surface area contributed by atoms with E-state index in [2.05, 4.69) is 21.2 Å². The molecule has 4 rings (SSSR count). The van der Waals surface area contributed by atoms with Crippen LogP contribution in [0.25, 0.3) is 21.7 Å². The standard InChI is InChI=1S/C14H9N3OS3/c1-2-4-11-10(3-1)15-14(21-11)20-8-12-16-13(18-17-12)9-5-6-19-7-9/h1-7H,8H2. The van der Waals surface area contributed by atoms with Crippen molar-refractivity contribution in [2.45, 2.75) is 10.1 Å². The van der Waals surface area contributed by atoms with Crippen LogP contribution in [0.2, 0.25) is 0 Å². The van der Waals surface area contributed by atoms with Crippen molar-refractivity contribution in [1.82, 2.24) is 15.1 Å². The Morgan fingerprint density at radius 2 is 2.10 bits per heavy atom. The van der Waals surface area contributed by atoms with E-state index in [1.54, 1.807) is 34.4 Å². The van der Waals surface area contributed by atoms with E-state index in [9.17, 15) is 0 Å². The summed E-state index contributed by atoms with van der Waals surface area (Å²) in [5, 5.41) is 8.01. The smallest absolute Gasteiger partial charge is 0.258 e. The van der Waals surface area contributed by atoms with Crippen LogP contribution in [0.5, 0.6) is 0 Å². The van der Waals surface area contributed by atoms with Gasteiger partial charge in [-0.2, -0.15) is 16.3 Å². The summed E-state index contributed by atoms with van der Waals surface area (Å²) in [6.45, 7) is 0. The summed E-state index contributed by atoms with van der Waals surface area (Å²) < 4.78 is 7.50. The van der Waals surface area contributed by atoms with E-state index in [1.165, 1.54) is 4.70 Å². The summed E-state index contributed by atoms with van der Waals surface area (Å²) in [6.07, 6.45) is 0. The minimum Gasteiger partial charge on any atom is -0.334 e. The first kappa shape index (κ1) is 13.0. The molecule has 1 aromatic carbocycles. The van der Waals surface area contributed by atoms with Crippen molar-refractivity contribution in [2.75, 3.05) is 0 Å². The molecule has 104 valence electrons. The van der Waals surface area contributed by atoms with E-state index in [-0.39, 0.29) is 0 Å². The summed E-state index contributed by atoms with van der Waals surface area (Å²) >= 11 is 4.94. The maximum absolute atomic E-state index is 5.27. The number of hydrogen-bond donors (Lipinski definition) is 0. The molecule has 3 aromatic heterocycles. The highest BCUT2D eigenvalue weighted by molar-refractivity contribution is 8.00. The van der Waals surface area contributed by atoms with Crippen LogP contribution in [-0.2, 0) is 5.75 Å². The molecule has 0 N–H and O–H groups in total. The van der Waals surface area contributed by atoms with Crippen molar-refractivity contribution in [2.24, 2.45) is 0 Å². The van der Waals surface area contributed by atoms with Gasteiger partial charge in [-0.1, -0.05) is 29.1 Å². The fraction of sp³-hybridized carbons (Fsp3) is 0.0714. The van der Waals surface area contributed by atoms with Crippen molar-refractivity contribution in [3.05, 3.63) is 46.9 Å². The predicted molar refractivity (Wildman–Crippen MR) is 86.8 cm³/mol. The first-order chi connectivity index (χ1) is 10.4. The Balaban J connectivity index is 1.49. The zero-order valence-corrected chi connectivity index (χ0v) is 13.2. The minimum atomic E-state index is 0.580. The van der Waals surface area contributed by atoms with Gasteiger partial charge in [0.1, 0.15) is 0 Å². The molecule has 3 heterocycles. The van der Waals surface area contributed by atoms with Crippen LogP contribution in [0.3, 0.4) is 0 Å². The van der Waals surface area contributed by atoms with Gasteiger partial charge in [0.15, 0.2) is 10.2 Å². The number of rotatable bonds is 4. The third-order valence-corrected chi connectivity index (χ3v) is 5.69. The van der Waals surface area contributed by atoms with Crippen LogP contribution in [0.1, 0.15) is 5.82 Å². The Kier molecular flexibility index (Phi) is 3.46. The average Bonchev–Trinajstić information content (AvgIpc) is 3.23. The molecule has 7 heteroatoms. The monoisotopic (exact) mass is 331 g/mol. The van der Waals surface area contributed by atoms with Gasteiger partial charge in [-0.05, 0) is 23.6 Å². The largest absolute Gasteiger partial charge is 0.334 e. The molecule has 4 nitrogen and oxygen atoms in total. The summed E-state index contributed by atoms with van der Waals surface area (Å²) in [4.78, 5) is 8.99. The predicted octanol–water partition coefficient (Wildman–Crippen LogP) is 4.70. The number of fused-ring (bicyclic) bond motifs is 1. The molecule has 0 saturated carbocycles. The second kappa shape index (κ2) is 5.59. The first-order valence-corrected chi connectivity index (χ1v) is 8.96. The van der Waals surface area contributed by atoms with Gasteiger partial charge in [-0.25, -0.2) is 4.98 Å². The number of thiazole rings is 1. The van der Waals surface area contributed by atoms with Gasteiger partial charge in [0, 0.05) is 5.38 Å². The van der Waals surface area contributed by atoms with E-state index < -0.39 is 0 Å². The number of para-hydroxylation sites is 1. The lowest BCUT2D eigenvalue weighted by atomic mass is 10.3. The Morgan fingerprint density at radius 3 is 2.95 bits per heavy atom. The van der Waals surface area contributed by atoms with Crippen LogP contribution < -0.4 is 0 Å². The van der Waals surface area contributed by atoms with Gasteiger partial charge in [0.05, 0.1) is 21.5 Å². The van der Waals surface area contributed by atoms with Crippen LogP contribution in [0.4, 0.5) is 0 Å². The van der Waals surface area contributed by atoms with E-state index in [0.717, 1.165) is 15.4 Å². The lowest BCUT2D eigenvalue weighted by molar-refractivity contribution is 0.425. The topological polar surface area (TPSA) is 51.8 Å². The Bertz CT molecular complexity index is 834. The van der Waals surface area contributed by atoms with Crippen molar-refractivity contribution in [1.29, 1.82) is 0 Å². The first-order valence-electron chi connectivity index (χ1n) is 6.22. The summed E-state index contributed by atoms with van der Waals surface area (Å²) in [7, 11) is 0. The van der Waals surface area contributed by atoms with Gasteiger partial charge < -0.3 is 4.52 Å². The fourth-order valence-electron chi connectivity index (χ4n) is 1.86. The normalized spacial score (nSPS) is 11.2. The zero-order chi connectivity index (χ0) is 14.1. The van der Waals surface area contributed by atoms with Gasteiger partial charge in [-0.15, -0.1) is 11.3 Å². The highest BCUT2D eigenvalue weighted by Gasteiger charge is 2.11. The van der Waals surface area contributed by atoms with Crippen molar-refractivity contribution >= 4 is 44.7 Å². The molecule has 0 aliphatic heterocycles. The van der Waals surface area contributed by atoms with E-state index in [0.29, 0.717) is 17.5 Å². The second-order valence-corrected chi connectivity index (χ2v) is 7.30. The van der Waals surface area contributed by atoms with E-state index >= 15 is 0 Å². The third-order valence-electron chi connectivity index (χ3n) is 2.84. The second-order valence-electron chi connectivity index (χ2n) is 4.26. The Hall–Kier alpha value is -1.70. The quantitative estimate of drug-likeness (QED) is 0.507. The number of thiophene rings is 1. The highest BCUT2D eigenvalue weighted by Crippen LogP contribution is 2.31. The number of nitrogens with zero attached hydrogens (tertiary/aromatic N) is 3. The molecular weight excluding hydrogens is 322 g/mol. The molecule has 0 unspecified atom stereocenters. The molecule has 4 aromatic rings. The molecule has 0 radical (unpaired) electrons. The average molecular weight is 331 g/mol. The number of hydrogen-bond acceptors (Lipinski definition) is 7. The lowest BCUT2D eigenvalue weighted by Crippen LogP contribution is -1.83. The molecule has 0 atom stereocenters. The van der Waals surface area contributed by atoms with Gasteiger partial charge in [0.2, 0.25) is 0 Å². The molecule has 0 saturated heterocycles. The molecule has 0 fully saturated rings. The lowest BCUT2D eigenvalue weighted by Gasteiger charge is -1.89. The van der Waals surface area contributed by atoms with Gasteiger partial charge >= 0.3 is 0 Å². The number of benzene rings is 1. The minimum absolute atomic E-state index is 0.580. The van der Waals surface area contributed by atoms with Crippen LogP contribution in [0, 0.1) is 0 Å². The van der Waals surface area contributed by atoms with Gasteiger partial charge in [-0.3, -0.25) is 0 Å². The Labute approximate surface area is 132 Å². The zero-order valence-electron chi connectivity index (χ0n) is 10.7. The Morgan fingerprint density at radius 1 is 1.14 bits per heavy atom. The summed E-state index contributed by atoms with van der Waals surface area (Å²) in [5.74, 6) is 1.93. The maximum Gasteiger partial charge on any atom is 0.258 e. The van der Waals surface area contributed by atoms with Crippen LogP contribution >= 0.6 is 34.4 Å². The molecule has 0 aliphatic rings. The molecule has 0 bridgehead atoms. The van der Waals surface area contributed by atoms with Crippen molar-refractivity contribution < 1.29 is 4.52 Å². The van der Waals surface area contributed by atoms with Crippen molar-refractivity contribution in [3.63, 3.8) is 0 Å². The maximum atomic E-state index is 5.27. The number of thioether (sulfide) groups is 1.